The summed E-state index contributed by atoms with van der Waals surface area (Å²) < 4.78 is 0. The summed E-state index contributed by atoms with van der Waals surface area (Å²) in [6.07, 6.45) is 0. The Labute approximate surface area is 71.5 Å². The van der Waals surface area contributed by atoms with Crippen LogP contribution in [-0.2, 0) is 11.4 Å². The molecule has 0 bridgehead atoms. The zero-order valence-corrected chi connectivity index (χ0v) is 8.08. The molecule has 0 spiro atoms. The van der Waals surface area contributed by atoms with Crippen LogP contribution >= 0.6 is 30.1 Å². The predicted octanol–water partition coefficient (Wildman–Crippen LogP) is -0.818. The molecule has 5 heteroatoms. The van der Waals surface area contributed by atoms with Crippen LogP contribution in [0.3, 0.4) is 0 Å². The van der Waals surface area contributed by atoms with Gasteiger partial charge in [-0.15, -0.1) is 0 Å². The van der Waals surface area contributed by atoms with E-state index in [1.54, 1.807) is 0 Å². The Bertz CT molecular complexity index is 15.5. The van der Waals surface area contributed by atoms with Crippen LogP contribution in [-0.4, -0.2) is 0 Å². The molecule has 0 saturated heterocycles. The van der Waals surface area contributed by atoms with Gasteiger partial charge in [0, 0.05) is 0 Å². The van der Waals surface area contributed by atoms with Gasteiger partial charge >= 0.3 is 71.1 Å². The van der Waals surface area contributed by atoms with E-state index in [-0.39, 0.29) is 31.0 Å². The van der Waals surface area contributed by atoms with Crippen LogP contribution in [0.25, 0.3) is 0 Å². The van der Waals surface area contributed by atoms with Crippen molar-refractivity contribution in [3.05, 3.63) is 0 Å². The van der Waals surface area contributed by atoms with E-state index in [1.807, 2.05) is 0 Å². The van der Waals surface area contributed by atoms with Crippen molar-refractivity contribution in [1.82, 2.24) is 0 Å². The molecule has 5 heavy (non-hydrogen) atoms. The van der Waals surface area contributed by atoms with Crippen LogP contribution in [0.4, 0.5) is 0 Å². The van der Waals surface area contributed by atoms with Crippen LogP contribution in [0, 0.1) is 0 Å². The molecule has 0 fully saturated rings. The molecule has 0 aliphatic carbocycles. The molecule has 0 aliphatic heterocycles. The normalized spacial score (nSPS) is 7.20. The van der Waals surface area contributed by atoms with E-state index < -0.39 is 11.4 Å². The van der Waals surface area contributed by atoms with Crippen molar-refractivity contribution in [3.8, 4) is 0 Å². The van der Waals surface area contributed by atoms with Crippen LogP contribution in [0.15, 0.2) is 0 Å². The topological polar surface area (TPSA) is 0 Å². The second kappa shape index (κ2) is 6.40. The van der Waals surface area contributed by atoms with Crippen LogP contribution < -0.4 is 29.6 Å². The van der Waals surface area contributed by atoms with Gasteiger partial charge in [0.05, 0.1) is 0 Å². The minimum Gasteiger partial charge on any atom is -1.00 e. The third-order valence-corrected chi connectivity index (χ3v) is 0. The zero-order chi connectivity index (χ0) is 3.58. The molecular weight excluding hydrogens is 181 g/mol. The van der Waals surface area contributed by atoms with E-state index in [2.05, 4.69) is 0 Å². The Morgan fingerprint density at radius 3 is 1.20 bits per heavy atom. The number of rotatable bonds is 0. The van der Waals surface area contributed by atoms with Crippen LogP contribution in [0.2, 0.25) is 0 Å². The van der Waals surface area contributed by atoms with Gasteiger partial charge in [-0.05, 0) is 0 Å². The maximum atomic E-state index is 4.93. The summed E-state index contributed by atoms with van der Waals surface area (Å²) in [7, 11) is 14.8. The average molecular weight is 182 g/mol. The molecule has 0 saturated carbocycles. The maximum Gasteiger partial charge on any atom is 1.00 e. The van der Waals surface area contributed by atoms with Gasteiger partial charge in [0.25, 0.3) is 0 Å². The molecule has 0 aliphatic rings. The summed E-state index contributed by atoms with van der Waals surface area (Å²) in [5.74, 6) is 0. The molecule has 0 radical (unpaired) electrons. The molecule has 0 heterocycles. The maximum absolute atomic E-state index is 4.93. The van der Waals surface area contributed by atoms with Gasteiger partial charge in [0.1, 0.15) is 0 Å². The average Bonchev–Trinajstić information content (AvgIpc) is 0.811. The van der Waals surface area contributed by atoms with Crippen molar-refractivity contribution in [2.45, 2.75) is 0 Å². The van der Waals surface area contributed by atoms with Gasteiger partial charge in [-0.1, -0.05) is 0 Å². The fraction of sp³-hybridized carbons (Fsp3) is 0. The summed E-state index contributed by atoms with van der Waals surface area (Å²) in [6, 6.07) is 0. The van der Waals surface area contributed by atoms with Crippen molar-refractivity contribution < 1.29 is 42.4 Å². The summed E-state index contributed by atoms with van der Waals surface area (Å²) in [6.45, 7) is 0. The molecule has 0 rings (SSSR count). The minimum atomic E-state index is -1.62. The first kappa shape index (κ1) is 10.4. The van der Waals surface area contributed by atoms with E-state index in [0.717, 1.165) is 0 Å². The third-order valence-electron chi connectivity index (χ3n) is 0. The Kier molecular flexibility index (Phi) is 13.3. The molecule has 0 nitrogen and oxygen atoms in total. The molecule has 0 aromatic carbocycles. The van der Waals surface area contributed by atoms with Gasteiger partial charge in [-0.3, -0.25) is 0 Å². The molecule has 29 valence electrons. The third kappa shape index (κ3) is 21.5. The SMILES string of the molecule is [Cl][Cr]([Cl])[Cl].[H-].[Na+]. The standard InChI is InChI=1S/3ClH.Cr.Na.H/h3*1H;;;/q;;;+3;+1;-1/p-3. The monoisotopic (exact) mass is 181 g/mol. The van der Waals surface area contributed by atoms with Crippen molar-refractivity contribution in [1.29, 1.82) is 0 Å². The Morgan fingerprint density at radius 2 is 1.20 bits per heavy atom. The first-order valence-electron chi connectivity index (χ1n) is 0.463. The summed E-state index contributed by atoms with van der Waals surface area (Å²) in [5, 5.41) is 0. The van der Waals surface area contributed by atoms with E-state index in [0.29, 0.717) is 0 Å². The Morgan fingerprint density at radius 1 is 1.20 bits per heavy atom. The van der Waals surface area contributed by atoms with Crippen molar-refractivity contribution in [2.24, 2.45) is 0 Å². The van der Waals surface area contributed by atoms with Gasteiger partial charge in [0.2, 0.25) is 0 Å². The fourth-order valence-electron chi connectivity index (χ4n) is 0. The molecule has 0 N–H and O–H groups in total. The Balaban J connectivity index is -0.0000000450. The van der Waals surface area contributed by atoms with E-state index in [9.17, 15) is 0 Å². The van der Waals surface area contributed by atoms with Crippen molar-refractivity contribution in [2.75, 3.05) is 0 Å². The van der Waals surface area contributed by atoms with E-state index in [4.69, 9.17) is 30.1 Å². The zero-order valence-electron chi connectivity index (χ0n) is 3.54. The smallest absolute Gasteiger partial charge is 1.00 e. The quantitative estimate of drug-likeness (QED) is 0.430. The summed E-state index contributed by atoms with van der Waals surface area (Å²) in [4.78, 5) is 0. The molecule has 0 aromatic heterocycles. The molecule has 0 amide bonds. The van der Waals surface area contributed by atoms with Crippen molar-refractivity contribution >= 4 is 30.1 Å². The van der Waals surface area contributed by atoms with Crippen LogP contribution in [0.5, 0.6) is 0 Å². The van der Waals surface area contributed by atoms with E-state index in [1.165, 1.54) is 0 Å². The largest absolute Gasteiger partial charge is 1.00 e. The van der Waals surface area contributed by atoms with Gasteiger partial charge in [0.15, 0.2) is 0 Å². The first-order chi connectivity index (χ1) is 1.73. The summed E-state index contributed by atoms with van der Waals surface area (Å²) >= 11 is -1.62. The second-order valence-corrected chi connectivity index (χ2v) is 6.49. The number of halogens is 3. The number of hydrogen-bond donors (Lipinski definition) is 0. The van der Waals surface area contributed by atoms with Crippen molar-refractivity contribution in [3.63, 3.8) is 0 Å². The molecule has 0 atom stereocenters. The number of hydrogen-bond acceptors (Lipinski definition) is 0. The summed E-state index contributed by atoms with van der Waals surface area (Å²) in [5.41, 5.74) is 0. The second-order valence-electron chi connectivity index (χ2n) is 0.175. The van der Waals surface area contributed by atoms with Crippen LogP contribution in [0.1, 0.15) is 1.43 Å². The van der Waals surface area contributed by atoms with E-state index >= 15 is 0 Å². The fourth-order valence-corrected chi connectivity index (χ4v) is 0. The minimum absolute atomic E-state index is 0. The molecular formula is HCl3CrNa. The Hall–Kier alpha value is 2.40. The first-order valence-corrected chi connectivity index (χ1v) is 5.73. The predicted molar refractivity (Wildman–Crippen MR) is 18.7 cm³/mol. The molecule has 0 unspecified atom stereocenters. The van der Waals surface area contributed by atoms with Gasteiger partial charge < -0.3 is 1.43 Å². The molecule has 0 aromatic rings. The van der Waals surface area contributed by atoms with Gasteiger partial charge in [-0.25, -0.2) is 0 Å². The van der Waals surface area contributed by atoms with Gasteiger partial charge in [-0.2, -0.15) is 0 Å².